The lowest BCUT2D eigenvalue weighted by molar-refractivity contribution is 0.0694. The molecule has 148 valence electrons. The van der Waals surface area contributed by atoms with Gasteiger partial charge in [0.1, 0.15) is 0 Å². The molecular formula is C23H22BrN3O2. The summed E-state index contributed by atoms with van der Waals surface area (Å²) in [5, 5.41) is 9.58. The molecule has 1 N–H and O–H groups in total. The third-order valence-corrected chi connectivity index (χ3v) is 5.87. The largest absolute Gasteiger partial charge is 0.478 e. The van der Waals surface area contributed by atoms with E-state index in [1.54, 1.807) is 0 Å². The number of carboxylic acid groups (broad SMARTS) is 1. The number of hydrogen-bond acceptors (Lipinski definition) is 4. The summed E-state index contributed by atoms with van der Waals surface area (Å²) in [4.78, 5) is 23.0. The van der Waals surface area contributed by atoms with Crippen LogP contribution in [0.5, 0.6) is 0 Å². The second kappa shape index (κ2) is 8.74. The monoisotopic (exact) mass is 451 g/mol. The molecule has 0 amide bonds. The minimum atomic E-state index is -0.981. The van der Waals surface area contributed by atoms with Gasteiger partial charge >= 0.3 is 5.97 Å². The molecule has 1 aromatic heterocycles. The fourth-order valence-electron chi connectivity index (χ4n) is 3.86. The van der Waals surface area contributed by atoms with Gasteiger partial charge in [0, 0.05) is 17.2 Å². The molecule has 0 spiro atoms. The summed E-state index contributed by atoms with van der Waals surface area (Å²) in [7, 11) is 0. The maximum Gasteiger partial charge on any atom is 0.339 e. The van der Waals surface area contributed by atoms with E-state index in [4.69, 9.17) is 4.98 Å². The van der Waals surface area contributed by atoms with Crippen LogP contribution in [0.4, 0.5) is 5.95 Å². The van der Waals surface area contributed by atoms with Crippen molar-refractivity contribution in [1.29, 1.82) is 0 Å². The van der Waals surface area contributed by atoms with Crippen molar-refractivity contribution in [2.75, 3.05) is 11.4 Å². The molecule has 29 heavy (non-hydrogen) atoms. The van der Waals surface area contributed by atoms with Crippen LogP contribution in [0.3, 0.4) is 0 Å². The van der Waals surface area contributed by atoms with Gasteiger partial charge in [-0.2, -0.15) is 0 Å². The number of benzene rings is 2. The Morgan fingerprint density at radius 2 is 1.86 bits per heavy atom. The molecule has 2 heterocycles. The summed E-state index contributed by atoms with van der Waals surface area (Å²) >= 11 is 3.49. The summed E-state index contributed by atoms with van der Waals surface area (Å²) in [6.07, 6.45) is 4.86. The molecule has 0 aliphatic carbocycles. The van der Waals surface area contributed by atoms with Crippen LogP contribution in [0.1, 0.15) is 46.1 Å². The Morgan fingerprint density at radius 1 is 1.10 bits per heavy atom. The van der Waals surface area contributed by atoms with Crippen molar-refractivity contribution in [1.82, 2.24) is 9.97 Å². The molecule has 1 aliphatic heterocycles. The number of carboxylic acids is 1. The van der Waals surface area contributed by atoms with Gasteiger partial charge in [0.2, 0.25) is 5.95 Å². The van der Waals surface area contributed by atoms with Crippen molar-refractivity contribution in [3.63, 3.8) is 0 Å². The Kier molecular flexibility index (Phi) is 5.90. The van der Waals surface area contributed by atoms with Crippen LogP contribution in [0, 0.1) is 0 Å². The molecule has 5 nitrogen and oxygen atoms in total. The first kappa shape index (κ1) is 19.6. The van der Waals surface area contributed by atoms with Crippen LogP contribution in [0.15, 0.2) is 65.3 Å². The molecule has 6 heteroatoms. The minimum Gasteiger partial charge on any atom is -0.478 e. The van der Waals surface area contributed by atoms with E-state index in [1.165, 1.54) is 11.8 Å². The highest BCUT2D eigenvalue weighted by molar-refractivity contribution is 9.10. The van der Waals surface area contributed by atoms with Gasteiger partial charge in [0.05, 0.1) is 17.3 Å². The van der Waals surface area contributed by atoms with Gasteiger partial charge < -0.3 is 10.0 Å². The first-order valence-electron chi connectivity index (χ1n) is 9.77. The minimum absolute atomic E-state index is 0.184. The van der Waals surface area contributed by atoms with E-state index in [0.29, 0.717) is 18.1 Å². The van der Waals surface area contributed by atoms with Crippen LogP contribution < -0.4 is 4.90 Å². The third-order valence-electron chi connectivity index (χ3n) is 5.34. The van der Waals surface area contributed by atoms with Crippen LogP contribution in [0.25, 0.3) is 0 Å². The van der Waals surface area contributed by atoms with Gasteiger partial charge in [0.15, 0.2) is 0 Å². The van der Waals surface area contributed by atoms with E-state index in [1.807, 2.05) is 42.5 Å². The zero-order valence-electron chi connectivity index (χ0n) is 16.0. The Hall–Kier alpha value is -2.73. The third kappa shape index (κ3) is 4.48. The van der Waals surface area contributed by atoms with E-state index in [9.17, 15) is 9.90 Å². The summed E-state index contributed by atoms with van der Waals surface area (Å²) in [5.41, 5.74) is 3.16. The fraction of sp³-hybridized carbons (Fsp3) is 0.261. The van der Waals surface area contributed by atoms with Gasteiger partial charge in [-0.25, -0.2) is 14.8 Å². The lowest BCUT2D eigenvalue weighted by Gasteiger charge is -2.25. The molecule has 1 saturated heterocycles. The zero-order valence-corrected chi connectivity index (χ0v) is 17.5. The zero-order chi connectivity index (χ0) is 20.2. The van der Waals surface area contributed by atoms with E-state index < -0.39 is 5.97 Å². The lowest BCUT2D eigenvalue weighted by Crippen LogP contribution is -2.25. The lowest BCUT2D eigenvalue weighted by atomic mass is 10.0. The predicted molar refractivity (Wildman–Crippen MR) is 116 cm³/mol. The maximum absolute atomic E-state index is 11.7. The van der Waals surface area contributed by atoms with Gasteiger partial charge in [-0.15, -0.1) is 0 Å². The van der Waals surface area contributed by atoms with Crippen LogP contribution in [0.2, 0.25) is 0 Å². The number of hydrogen-bond donors (Lipinski definition) is 1. The first-order chi connectivity index (χ1) is 14.1. The number of aryl methyl sites for hydroxylation is 2. The first-order valence-corrected chi connectivity index (χ1v) is 10.6. The average molecular weight is 452 g/mol. The fourth-order valence-corrected chi connectivity index (χ4v) is 4.12. The summed E-state index contributed by atoms with van der Waals surface area (Å²) in [6.45, 7) is 0.866. The number of rotatable bonds is 6. The topological polar surface area (TPSA) is 66.3 Å². The number of aromatic nitrogens is 2. The summed E-state index contributed by atoms with van der Waals surface area (Å²) in [6, 6.07) is 18.6. The molecule has 1 atom stereocenters. The Morgan fingerprint density at radius 3 is 2.59 bits per heavy atom. The maximum atomic E-state index is 11.7. The Balaban J connectivity index is 1.61. The van der Waals surface area contributed by atoms with Gasteiger partial charge in [0.25, 0.3) is 0 Å². The standard InChI is InChI=1S/C23H22BrN3O2/c24-18-11-9-17(10-12-18)21-7-4-14-27(21)23-25-15-19(22(28)29)20(26-23)13-8-16-5-2-1-3-6-16/h1-3,5-6,9-12,15,21H,4,7-8,13-14H2,(H,28,29)/t21-/m1/s1. The molecule has 0 bridgehead atoms. The number of aromatic carboxylic acids is 1. The highest BCUT2D eigenvalue weighted by Gasteiger charge is 2.29. The van der Waals surface area contributed by atoms with Crippen molar-refractivity contribution in [3.05, 3.63) is 87.7 Å². The Labute approximate surface area is 178 Å². The van der Waals surface area contributed by atoms with Crippen LogP contribution >= 0.6 is 15.9 Å². The number of halogens is 1. The van der Waals surface area contributed by atoms with Crippen LogP contribution in [-0.2, 0) is 12.8 Å². The molecule has 0 unspecified atom stereocenters. The molecule has 3 aromatic rings. The van der Waals surface area contributed by atoms with Crippen molar-refractivity contribution in [2.45, 2.75) is 31.7 Å². The molecule has 1 aliphatic rings. The summed E-state index contributed by atoms with van der Waals surface area (Å²) < 4.78 is 1.05. The molecular weight excluding hydrogens is 430 g/mol. The average Bonchev–Trinajstić information content (AvgIpc) is 3.23. The van der Waals surface area contributed by atoms with E-state index in [-0.39, 0.29) is 11.6 Å². The molecule has 2 aromatic carbocycles. The van der Waals surface area contributed by atoms with Crippen molar-refractivity contribution < 1.29 is 9.90 Å². The number of anilines is 1. The van der Waals surface area contributed by atoms with E-state index in [2.05, 4.69) is 37.9 Å². The molecule has 0 saturated carbocycles. The quantitative estimate of drug-likeness (QED) is 0.566. The normalized spacial score (nSPS) is 16.2. The second-order valence-corrected chi connectivity index (χ2v) is 8.14. The van der Waals surface area contributed by atoms with Crippen LogP contribution in [-0.4, -0.2) is 27.6 Å². The molecule has 1 fully saturated rings. The molecule has 0 radical (unpaired) electrons. The smallest absolute Gasteiger partial charge is 0.339 e. The van der Waals surface area contributed by atoms with E-state index >= 15 is 0 Å². The number of carbonyl (C=O) groups is 1. The van der Waals surface area contributed by atoms with Gasteiger partial charge in [-0.05, 0) is 48.9 Å². The SMILES string of the molecule is O=C(O)c1cnc(N2CCC[C@@H]2c2ccc(Br)cc2)nc1CCc1ccccc1. The van der Waals surface area contributed by atoms with E-state index in [0.717, 1.165) is 35.8 Å². The highest BCUT2D eigenvalue weighted by atomic mass is 79.9. The second-order valence-electron chi connectivity index (χ2n) is 7.22. The van der Waals surface area contributed by atoms with Crippen molar-refractivity contribution >= 4 is 27.8 Å². The predicted octanol–water partition coefficient (Wildman–Crippen LogP) is 5.06. The number of nitrogens with zero attached hydrogens (tertiary/aromatic N) is 3. The van der Waals surface area contributed by atoms with Gasteiger partial charge in [-0.3, -0.25) is 0 Å². The molecule has 4 rings (SSSR count). The van der Waals surface area contributed by atoms with Crippen molar-refractivity contribution in [3.8, 4) is 0 Å². The highest BCUT2D eigenvalue weighted by Crippen LogP contribution is 2.35. The van der Waals surface area contributed by atoms with Gasteiger partial charge in [-0.1, -0.05) is 58.4 Å². The summed E-state index contributed by atoms with van der Waals surface area (Å²) in [5.74, 6) is -0.367. The van der Waals surface area contributed by atoms with Crippen molar-refractivity contribution in [2.24, 2.45) is 0 Å². The Bertz CT molecular complexity index is 993.